The third-order valence-corrected chi connectivity index (χ3v) is 4.78. The van der Waals surface area contributed by atoms with E-state index in [9.17, 15) is 9.59 Å². The number of benzene rings is 2. The Balaban J connectivity index is 1.31. The fourth-order valence-electron chi connectivity index (χ4n) is 3.10. The van der Waals surface area contributed by atoms with Gasteiger partial charge in [0.25, 0.3) is 11.5 Å². The molecule has 1 amide bonds. The summed E-state index contributed by atoms with van der Waals surface area (Å²) < 4.78 is 12.7. The van der Waals surface area contributed by atoms with Crippen molar-refractivity contribution in [3.05, 3.63) is 100 Å². The zero-order valence-corrected chi connectivity index (χ0v) is 17.9. The van der Waals surface area contributed by atoms with Crippen molar-refractivity contribution in [2.24, 2.45) is 0 Å². The maximum Gasteiger partial charge on any atom is 0.262 e. The lowest BCUT2D eigenvalue weighted by Gasteiger charge is -2.10. The van der Waals surface area contributed by atoms with Crippen molar-refractivity contribution in [2.75, 3.05) is 11.9 Å². The zero-order chi connectivity index (χ0) is 22.5. The molecule has 2 heterocycles. The number of nitrogens with one attached hydrogen (secondary N) is 1. The highest BCUT2D eigenvalue weighted by Gasteiger charge is 2.06. The summed E-state index contributed by atoms with van der Waals surface area (Å²) in [4.78, 5) is 28.9. The van der Waals surface area contributed by atoms with Gasteiger partial charge >= 0.3 is 0 Å². The van der Waals surface area contributed by atoms with Crippen molar-refractivity contribution in [1.82, 2.24) is 9.38 Å². The van der Waals surface area contributed by atoms with Gasteiger partial charge in [-0.05, 0) is 61.9 Å². The molecule has 0 aliphatic rings. The summed E-state index contributed by atoms with van der Waals surface area (Å²) in [5.74, 6) is 0.992. The number of nitrogens with zero attached hydrogens (tertiary/aromatic N) is 2. The number of aryl methyl sites for hydroxylation is 2. The minimum atomic E-state index is -0.254. The Morgan fingerprint density at radius 3 is 2.31 bits per heavy atom. The number of aromatic nitrogens is 2. The first-order valence-electron chi connectivity index (χ1n) is 10.2. The summed E-state index contributed by atoms with van der Waals surface area (Å²) in [6.07, 6.45) is 1.76. The summed E-state index contributed by atoms with van der Waals surface area (Å²) >= 11 is 0. The van der Waals surface area contributed by atoms with Crippen LogP contribution in [0.2, 0.25) is 0 Å². The van der Waals surface area contributed by atoms with Crippen molar-refractivity contribution in [2.45, 2.75) is 20.5 Å². The Labute approximate surface area is 185 Å². The molecule has 0 radical (unpaired) electrons. The maximum atomic E-state index is 12.3. The third-order valence-electron chi connectivity index (χ3n) is 4.78. The Morgan fingerprint density at radius 1 is 0.906 bits per heavy atom. The first kappa shape index (κ1) is 21.1. The minimum Gasteiger partial charge on any atom is -0.487 e. The molecule has 0 saturated carbocycles. The van der Waals surface area contributed by atoms with Gasteiger partial charge in [0.05, 0.1) is 5.69 Å². The molecule has 162 valence electrons. The Bertz CT molecular complexity index is 1300. The molecule has 0 atom stereocenters. The van der Waals surface area contributed by atoms with E-state index in [4.69, 9.17) is 9.47 Å². The van der Waals surface area contributed by atoms with Crippen LogP contribution < -0.4 is 20.3 Å². The second-order valence-corrected chi connectivity index (χ2v) is 7.48. The van der Waals surface area contributed by atoms with Crippen molar-refractivity contribution < 1.29 is 14.3 Å². The smallest absolute Gasteiger partial charge is 0.262 e. The molecule has 4 aromatic rings. The van der Waals surface area contributed by atoms with Gasteiger partial charge in [-0.3, -0.25) is 14.0 Å². The van der Waals surface area contributed by atoms with E-state index in [1.54, 1.807) is 36.5 Å². The van der Waals surface area contributed by atoms with Crippen LogP contribution in [0, 0.1) is 13.8 Å². The first-order valence-corrected chi connectivity index (χ1v) is 10.2. The topological polar surface area (TPSA) is 81.9 Å². The summed E-state index contributed by atoms with van der Waals surface area (Å²) in [6.45, 7) is 3.99. The van der Waals surface area contributed by atoms with E-state index in [0.29, 0.717) is 28.5 Å². The van der Waals surface area contributed by atoms with Gasteiger partial charge in [-0.25, -0.2) is 4.98 Å². The number of hydrogen-bond acceptors (Lipinski definition) is 5. The van der Waals surface area contributed by atoms with Crippen molar-refractivity contribution in [3.8, 4) is 11.5 Å². The molecular formula is C25H23N3O4. The standard InChI is InChI=1S/C25H23N3O4/c1-17-3-8-21(9-4-17)32-16-24(29)27-19-6-10-22(11-7-19)31-15-20-13-25(30)28-14-18(2)5-12-23(28)26-20/h3-14H,15-16H2,1-2H3,(H,27,29). The van der Waals surface area contributed by atoms with E-state index < -0.39 is 0 Å². The Hall–Kier alpha value is -4.13. The van der Waals surface area contributed by atoms with Crippen LogP contribution in [0.3, 0.4) is 0 Å². The maximum absolute atomic E-state index is 12.3. The van der Waals surface area contributed by atoms with Crippen LogP contribution in [0.5, 0.6) is 11.5 Å². The fourth-order valence-corrected chi connectivity index (χ4v) is 3.10. The molecule has 4 rings (SSSR count). The molecule has 32 heavy (non-hydrogen) atoms. The SMILES string of the molecule is Cc1ccc(OCC(=O)Nc2ccc(OCc3cc(=O)n4cc(C)ccc4n3)cc2)cc1. The molecule has 0 saturated heterocycles. The summed E-state index contributed by atoms with van der Waals surface area (Å²) in [6, 6.07) is 19.7. The average Bonchev–Trinajstić information content (AvgIpc) is 2.79. The second kappa shape index (κ2) is 9.34. The summed E-state index contributed by atoms with van der Waals surface area (Å²) in [5, 5.41) is 2.78. The van der Waals surface area contributed by atoms with Gasteiger partial charge in [-0.2, -0.15) is 0 Å². The van der Waals surface area contributed by atoms with Crippen LogP contribution in [-0.4, -0.2) is 21.9 Å². The predicted molar refractivity (Wildman–Crippen MR) is 122 cm³/mol. The lowest BCUT2D eigenvalue weighted by atomic mass is 10.2. The lowest BCUT2D eigenvalue weighted by molar-refractivity contribution is -0.118. The molecule has 2 aromatic carbocycles. The number of amides is 1. The molecule has 0 aliphatic carbocycles. The number of carbonyl (C=O) groups excluding carboxylic acids is 1. The van der Waals surface area contributed by atoms with Gasteiger partial charge in [-0.1, -0.05) is 23.8 Å². The van der Waals surface area contributed by atoms with Gasteiger partial charge in [0.2, 0.25) is 0 Å². The van der Waals surface area contributed by atoms with Crippen LogP contribution in [0.4, 0.5) is 5.69 Å². The van der Waals surface area contributed by atoms with Crippen LogP contribution in [0.15, 0.2) is 77.7 Å². The monoisotopic (exact) mass is 429 g/mol. The van der Waals surface area contributed by atoms with Gasteiger partial charge < -0.3 is 14.8 Å². The van der Waals surface area contributed by atoms with Gasteiger partial charge in [0.15, 0.2) is 6.61 Å². The van der Waals surface area contributed by atoms with Gasteiger partial charge in [0.1, 0.15) is 23.8 Å². The third kappa shape index (κ3) is 5.31. The second-order valence-electron chi connectivity index (χ2n) is 7.48. The number of ether oxygens (including phenoxy) is 2. The predicted octanol–water partition coefficient (Wildman–Crippen LogP) is 3.91. The minimum absolute atomic E-state index is 0.0794. The largest absolute Gasteiger partial charge is 0.487 e. The summed E-state index contributed by atoms with van der Waals surface area (Å²) in [5.41, 5.74) is 3.72. The molecule has 7 nitrogen and oxygen atoms in total. The van der Waals surface area contributed by atoms with Crippen LogP contribution >= 0.6 is 0 Å². The van der Waals surface area contributed by atoms with E-state index in [0.717, 1.165) is 11.1 Å². The average molecular weight is 429 g/mol. The van der Waals surface area contributed by atoms with Crippen LogP contribution in [-0.2, 0) is 11.4 Å². The van der Waals surface area contributed by atoms with Crippen molar-refractivity contribution in [3.63, 3.8) is 0 Å². The zero-order valence-electron chi connectivity index (χ0n) is 17.9. The molecule has 0 unspecified atom stereocenters. The number of pyridine rings is 1. The van der Waals surface area contributed by atoms with Crippen LogP contribution in [0.1, 0.15) is 16.8 Å². The van der Waals surface area contributed by atoms with Crippen molar-refractivity contribution >= 4 is 17.2 Å². The van der Waals surface area contributed by atoms with Gasteiger partial charge in [-0.15, -0.1) is 0 Å². The van der Waals surface area contributed by atoms with Crippen LogP contribution in [0.25, 0.3) is 5.65 Å². The molecule has 0 bridgehead atoms. The first-order chi connectivity index (χ1) is 15.5. The summed E-state index contributed by atoms with van der Waals surface area (Å²) in [7, 11) is 0. The molecule has 0 aliphatic heterocycles. The molecule has 1 N–H and O–H groups in total. The normalized spacial score (nSPS) is 10.7. The quantitative estimate of drug-likeness (QED) is 0.482. The van der Waals surface area contributed by atoms with Crippen molar-refractivity contribution in [1.29, 1.82) is 0 Å². The molecule has 2 aromatic heterocycles. The van der Waals surface area contributed by atoms with Gasteiger partial charge in [0, 0.05) is 18.0 Å². The molecule has 7 heteroatoms. The number of hydrogen-bond donors (Lipinski definition) is 1. The molecule has 0 fully saturated rings. The highest BCUT2D eigenvalue weighted by atomic mass is 16.5. The number of fused-ring (bicyclic) bond motifs is 1. The molecular weight excluding hydrogens is 406 g/mol. The van der Waals surface area contributed by atoms with E-state index in [2.05, 4.69) is 10.3 Å². The lowest BCUT2D eigenvalue weighted by Crippen LogP contribution is -2.20. The van der Waals surface area contributed by atoms with E-state index in [1.165, 1.54) is 10.5 Å². The van der Waals surface area contributed by atoms with E-state index in [-0.39, 0.29) is 24.7 Å². The highest BCUT2D eigenvalue weighted by Crippen LogP contribution is 2.17. The number of anilines is 1. The van der Waals surface area contributed by atoms with E-state index in [1.807, 2.05) is 44.2 Å². The Kier molecular flexibility index (Phi) is 6.17. The Morgan fingerprint density at radius 2 is 1.56 bits per heavy atom. The van der Waals surface area contributed by atoms with E-state index >= 15 is 0 Å². The molecule has 0 spiro atoms. The fraction of sp³-hybridized carbons (Fsp3) is 0.160. The number of rotatable bonds is 7. The number of carbonyl (C=O) groups is 1. The highest BCUT2D eigenvalue weighted by molar-refractivity contribution is 5.91.